The van der Waals surface area contributed by atoms with Crippen LogP contribution in [0.3, 0.4) is 0 Å². The molecule has 76 valence electrons. The van der Waals surface area contributed by atoms with E-state index >= 15 is 0 Å². The number of rotatable bonds is 3. The van der Waals surface area contributed by atoms with Crippen molar-refractivity contribution in [1.29, 1.82) is 0 Å². The number of aliphatic carboxylic acids is 1. The van der Waals surface area contributed by atoms with Crippen LogP contribution in [0.15, 0.2) is 30.3 Å². The average Bonchev–Trinajstić information content (AvgIpc) is 2.02. The minimum atomic E-state index is -1.69. The van der Waals surface area contributed by atoms with Crippen LogP contribution in [0.1, 0.15) is 11.1 Å². The van der Waals surface area contributed by atoms with Crippen molar-refractivity contribution in [1.82, 2.24) is 0 Å². The van der Waals surface area contributed by atoms with E-state index in [-0.39, 0.29) is 5.54 Å². The molecule has 0 amide bonds. The van der Waals surface area contributed by atoms with Gasteiger partial charge in [0, 0.05) is 0 Å². The lowest BCUT2D eigenvalue weighted by Gasteiger charge is -2.25. The Balaban J connectivity index is 3.08. The first-order valence-corrected chi connectivity index (χ1v) is 8.28. The molecule has 0 heterocycles. The van der Waals surface area contributed by atoms with Crippen LogP contribution in [-0.2, 0) is 4.79 Å². The summed E-state index contributed by atoms with van der Waals surface area (Å²) >= 11 is 0. The summed E-state index contributed by atoms with van der Waals surface area (Å²) in [5.41, 5.74) is 0.628. The van der Waals surface area contributed by atoms with Crippen molar-refractivity contribution >= 4 is 14.0 Å². The number of hydrogen-bond acceptors (Lipinski definition) is 1. The predicted molar refractivity (Wildman–Crippen MR) is 60.2 cm³/mol. The molecule has 0 saturated heterocycles. The zero-order valence-corrected chi connectivity index (χ0v) is 9.82. The largest absolute Gasteiger partial charge is 0.481 e. The lowest BCUT2D eigenvalue weighted by atomic mass is 10.1. The van der Waals surface area contributed by atoms with E-state index < -0.39 is 14.0 Å². The van der Waals surface area contributed by atoms with Gasteiger partial charge in [-0.2, -0.15) is 0 Å². The zero-order chi connectivity index (χ0) is 10.8. The van der Waals surface area contributed by atoms with Crippen LogP contribution in [0.4, 0.5) is 0 Å². The van der Waals surface area contributed by atoms with Gasteiger partial charge >= 0.3 is 5.97 Å². The highest BCUT2D eigenvalue weighted by atomic mass is 28.3. The van der Waals surface area contributed by atoms with Crippen LogP contribution in [0.25, 0.3) is 0 Å². The minimum Gasteiger partial charge on any atom is -0.481 e. The highest BCUT2D eigenvalue weighted by Gasteiger charge is 2.33. The second-order valence-corrected chi connectivity index (χ2v) is 9.86. The Labute approximate surface area is 85.6 Å². The van der Waals surface area contributed by atoms with E-state index in [9.17, 15) is 9.90 Å². The third kappa shape index (κ3) is 2.45. The van der Waals surface area contributed by atoms with Gasteiger partial charge in [-0.05, 0) is 5.56 Å². The molecule has 0 aliphatic carbocycles. The van der Waals surface area contributed by atoms with Gasteiger partial charge < -0.3 is 5.11 Å². The van der Waals surface area contributed by atoms with E-state index in [0.29, 0.717) is 0 Å². The van der Waals surface area contributed by atoms with Gasteiger partial charge in [0.25, 0.3) is 0 Å². The van der Waals surface area contributed by atoms with Crippen molar-refractivity contribution in [3.05, 3.63) is 35.9 Å². The molecule has 0 aromatic heterocycles. The van der Waals surface area contributed by atoms with E-state index in [0.717, 1.165) is 5.56 Å². The quantitative estimate of drug-likeness (QED) is 0.775. The summed E-state index contributed by atoms with van der Waals surface area (Å²) in [6.45, 7) is 6.25. The maximum absolute atomic E-state index is 11.2. The van der Waals surface area contributed by atoms with Crippen LogP contribution in [-0.4, -0.2) is 19.1 Å². The molecule has 0 aliphatic heterocycles. The number of carboxylic acids is 1. The summed E-state index contributed by atoms with van der Waals surface area (Å²) in [5.74, 6) is -0.699. The molecule has 1 rings (SSSR count). The van der Waals surface area contributed by atoms with Crippen LogP contribution in [0.5, 0.6) is 0 Å². The number of hydrogen-bond donors (Lipinski definition) is 1. The van der Waals surface area contributed by atoms with Gasteiger partial charge in [-0.1, -0.05) is 50.0 Å². The van der Waals surface area contributed by atoms with Gasteiger partial charge in [-0.15, -0.1) is 0 Å². The highest BCUT2D eigenvalue weighted by Crippen LogP contribution is 2.26. The van der Waals surface area contributed by atoms with E-state index in [2.05, 4.69) is 19.6 Å². The Morgan fingerprint density at radius 2 is 1.71 bits per heavy atom. The van der Waals surface area contributed by atoms with Crippen LogP contribution >= 0.6 is 0 Å². The summed E-state index contributed by atoms with van der Waals surface area (Å²) < 4.78 is 0. The monoisotopic (exact) mass is 208 g/mol. The maximum Gasteiger partial charge on any atom is 0.308 e. The van der Waals surface area contributed by atoms with E-state index in [1.54, 1.807) is 0 Å². The summed E-state index contributed by atoms with van der Waals surface area (Å²) in [6.07, 6.45) is 0. The van der Waals surface area contributed by atoms with Crippen LogP contribution in [0.2, 0.25) is 19.6 Å². The lowest BCUT2D eigenvalue weighted by molar-refractivity contribution is -0.136. The van der Waals surface area contributed by atoms with E-state index in [1.807, 2.05) is 30.3 Å². The summed E-state index contributed by atoms with van der Waals surface area (Å²) in [5, 5.41) is 9.20. The molecule has 0 unspecified atom stereocenters. The fourth-order valence-electron chi connectivity index (χ4n) is 1.66. The topological polar surface area (TPSA) is 37.3 Å². The molecule has 2 nitrogen and oxygen atoms in total. The third-order valence-electron chi connectivity index (χ3n) is 2.25. The van der Waals surface area contributed by atoms with Crippen molar-refractivity contribution in [2.45, 2.75) is 25.2 Å². The molecule has 0 saturated carbocycles. The van der Waals surface area contributed by atoms with Gasteiger partial charge in [0.05, 0.1) is 13.6 Å². The molecule has 1 atom stereocenters. The molecule has 1 aromatic carbocycles. The molecular weight excluding hydrogens is 192 g/mol. The second kappa shape index (κ2) is 3.96. The Kier molecular flexibility index (Phi) is 3.11. The molecule has 1 N–H and O–H groups in total. The SMILES string of the molecule is C[Si](C)(C)[C@H](C(=O)O)c1ccccc1. The van der Waals surface area contributed by atoms with E-state index in [1.165, 1.54) is 0 Å². The number of carbonyl (C=O) groups is 1. The van der Waals surface area contributed by atoms with Crippen LogP contribution in [0, 0.1) is 0 Å². The Hall–Kier alpha value is -1.09. The van der Waals surface area contributed by atoms with Crippen molar-refractivity contribution in [2.75, 3.05) is 0 Å². The fourth-order valence-corrected chi connectivity index (χ4v) is 3.59. The first-order valence-electron chi connectivity index (χ1n) is 4.70. The Morgan fingerprint density at radius 3 is 2.07 bits per heavy atom. The molecule has 0 aliphatic rings. The predicted octanol–water partition coefficient (Wildman–Crippen LogP) is 2.73. The Morgan fingerprint density at radius 1 is 1.21 bits per heavy atom. The second-order valence-electron chi connectivity index (χ2n) is 4.55. The standard InChI is InChI=1S/C11H16O2Si/c1-14(2,3)10(11(12)13)9-7-5-4-6-8-9/h4-8,10H,1-3H3,(H,12,13)/t10-/m0/s1. The van der Waals surface area contributed by atoms with Crippen molar-refractivity contribution < 1.29 is 9.90 Å². The third-order valence-corrected chi connectivity index (χ3v) is 4.56. The number of carboxylic acid groups (broad SMARTS) is 1. The summed E-state index contributed by atoms with van der Waals surface area (Å²) in [7, 11) is -1.69. The molecular formula is C11H16O2Si. The molecule has 0 bridgehead atoms. The summed E-state index contributed by atoms with van der Waals surface area (Å²) in [6, 6.07) is 9.50. The van der Waals surface area contributed by atoms with Crippen molar-refractivity contribution in [3.63, 3.8) is 0 Å². The van der Waals surface area contributed by atoms with Gasteiger partial charge in [0.15, 0.2) is 0 Å². The first-order chi connectivity index (χ1) is 6.43. The fraction of sp³-hybridized carbons (Fsp3) is 0.364. The van der Waals surface area contributed by atoms with Gasteiger partial charge in [-0.3, -0.25) is 4.79 Å². The van der Waals surface area contributed by atoms with Crippen molar-refractivity contribution in [2.24, 2.45) is 0 Å². The molecule has 3 heteroatoms. The van der Waals surface area contributed by atoms with Gasteiger partial charge in [0.1, 0.15) is 0 Å². The normalized spacial score (nSPS) is 13.6. The average molecular weight is 208 g/mol. The van der Waals surface area contributed by atoms with Gasteiger partial charge in [0.2, 0.25) is 0 Å². The smallest absolute Gasteiger partial charge is 0.308 e. The lowest BCUT2D eigenvalue weighted by Crippen LogP contribution is -2.36. The first kappa shape index (κ1) is 11.0. The molecule has 0 radical (unpaired) electrons. The maximum atomic E-state index is 11.2. The molecule has 14 heavy (non-hydrogen) atoms. The van der Waals surface area contributed by atoms with Crippen LogP contribution < -0.4 is 0 Å². The zero-order valence-electron chi connectivity index (χ0n) is 8.82. The molecule has 0 fully saturated rings. The van der Waals surface area contributed by atoms with Crippen molar-refractivity contribution in [3.8, 4) is 0 Å². The Bertz CT molecular complexity index is 314. The molecule has 0 spiro atoms. The minimum absolute atomic E-state index is 0.302. The van der Waals surface area contributed by atoms with E-state index in [4.69, 9.17) is 0 Å². The highest BCUT2D eigenvalue weighted by molar-refractivity contribution is 6.80. The molecule has 1 aromatic rings. The van der Waals surface area contributed by atoms with Gasteiger partial charge in [-0.25, -0.2) is 0 Å². The summed E-state index contributed by atoms with van der Waals surface area (Å²) in [4.78, 5) is 11.2. The number of benzene rings is 1.